The van der Waals surface area contributed by atoms with Crippen LogP contribution in [0, 0.1) is 21.8 Å². The van der Waals surface area contributed by atoms with Gasteiger partial charge in [0.05, 0.1) is 10.8 Å². The monoisotopic (exact) mass is 388 g/mol. The largest absolute Gasteiger partial charge is 0.487 e. The maximum atomic E-state index is 13.4. The van der Waals surface area contributed by atoms with E-state index in [1.165, 1.54) is 18.2 Å². The molecule has 3 rings (SSSR count). The molecule has 1 heterocycles. The molecule has 0 atom stereocenters. The molecule has 1 aliphatic heterocycles. The molecular formula is C20H21FN2O5. The average Bonchev–Trinajstić information content (AvgIpc) is 2.72. The Bertz CT molecular complexity index is 837. The van der Waals surface area contributed by atoms with Gasteiger partial charge in [-0.05, 0) is 31.0 Å². The number of benzene rings is 2. The number of para-hydroxylation sites is 3. The Morgan fingerprint density at radius 3 is 2.50 bits per heavy atom. The molecule has 1 saturated heterocycles. The van der Waals surface area contributed by atoms with Gasteiger partial charge < -0.3 is 14.4 Å². The van der Waals surface area contributed by atoms with Crippen LogP contribution < -0.4 is 9.64 Å². The highest BCUT2D eigenvalue weighted by Gasteiger charge is 2.28. The molecular weight excluding hydrogens is 367 g/mol. The van der Waals surface area contributed by atoms with E-state index >= 15 is 0 Å². The van der Waals surface area contributed by atoms with E-state index in [2.05, 4.69) is 0 Å². The minimum atomic E-state index is -0.462. The molecule has 2 aromatic carbocycles. The Morgan fingerprint density at radius 2 is 1.79 bits per heavy atom. The second-order valence-electron chi connectivity index (χ2n) is 6.45. The van der Waals surface area contributed by atoms with Crippen LogP contribution in [0.5, 0.6) is 5.75 Å². The van der Waals surface area contributed by atoms with Crippen molar-refractivity contribution >= 4 is 17.3 Å². The molecule has 0 bridgehead atoms. The highest BCUT2D eigenvalue weighted by Crippen LogP contribution is 2.31. The molecule has 0 amide bonds. The minimum absolute atomic E-state index is 0.0392. The van der Waals surface area contributed by atoms with Gasteiger partial charge in [0.15, 0.2) is 11.6 Å². The van der Waals surface area contributed by atoms with Crippen LogP contribution >= 0.6 is 0 Å². The van der Waals surface area contributed by atoms with Crippen molar-refractivity contribution in [2.24, 2.45) is 5.92 Å². The summed E-state index contributed by atoms with van der Waals surface area (Å²) >= 11 is 0. The summed E-state index contributed by atoms with van der Waals surface area (Å²) in [6.45, 7) is 1.19. The van der Waals surface area contributed by atoms with Crippen LogP contribution in [0.3, 0.4) is 0 Å². The zero-order valence-electron chi connectivity index (χ0n) is 15.3. The van der Waals surface area contributed by atoms with E-state index in [1.807, 2.05) is 4.90 Å². The van der Waals surface area contributed by atoms with Crippen molar-refractivity contribution in [3.63, 3.8) is 0 Å². The summed E-state index contributed by atoms with van der Waals surface area (Å²) in [6, 6.07) is 12.6. The molecule has 0 unspecified atom stereocenters. The summed E-state index contributed by atoms with van der Waals surface area (Å²) in [7, 11) is 0. The summed E-state index contributed by atoms with van der Waals surface area (Å²) in [5, 5.41) is 11.2. The predicted octanol–water partition coefficient (Wildman–Crippen LogP) is 3.57. The van der Waals surface area contributed by atoms with Crippen molar-refractivity contribution in [2.75, 3.05) is 31.2 Å². The predicted molar refractivity (Wildman–Crippen MR) is 101 cm³/mol. The number of halogens is 1. The standard InChI is InChI=1S/C20H21FN2O5/c21-16-5-1-4-8-19(16)27-13-14-28-20(24)15-9-11-22(12-10-15)17-6-2-3-7-18(17)23(25)26/h1-8,15H,9-14H2. The van der Waals surface area contributed by atoms with Gasteiger partial charge in [0.1, 0.15) is 18.9 Å². The van der Waals surface area contributed by atoms with E-state index in [-0.39, 0.29) is 36.5 Å². The summed E-state index contributed by atoms with van der Waals surface area (Å²) in [5.74, 6) is -0.917. The van der Waals surface area contributed by atoms with Crippen molar-refractivity contribution < 1.29 is 23.6 Å². The molecule has 0 saturated carbocycles. The molecule has 0 N–H and O–H groups in total. The van der Waals surface area contributed by atoms with Crippen LogP contribution in [0.25, 0.3) is 0 Å². The van der Waals surface area contributed by atoms with Crippen LogP contribution in [0.2, 0.25) is 0 Å². The lowest BCUT2D eigenvalue weighted by Gasteiger charge is -2.32. The Morgan fingerprint density at radius 1 is 1.11 bits per heavy atom. The van der Waals surface area contributed by atoms with E-state index in [0.717, 1.165) is 0 Å². The number of nitro benzene ring substituents is 1. The fraction of sp³-hybridized carbons (Fsp3) is 0.350. The van der Waals surface area contributed by atoms with Gasteiger partial charge in [0.2, 0.25) is 0 Å². The molecule has 7 nitrogen and oxygen atoms in total. The number of anilines is 1. The van der Waals surface area contributed by atoms with Crippen molar-refractivity contribution in [3.8, 4) is 5.75 Å². The van der Waals surface area contributed by atoms with Gasteiger partial charge in [0, 0.05) is 19.2 Å². The number of rotatable bonds is 7. The van der Waals surface area contributed by atoms with E-state index in [4.69, 9.17) is 9.47 Å². The number of carbonyl (C=O) groups is 1. The number of esters is 1. The molecule has 1 aliphatic rings. The topological polar surface area (TPSA) is 81.9 Å². The van der Waals surface area contributed by atoms with Gasteiger partial charge in [0.25, 0.3) is 5.69 Å². The summed E-state index contributed by atoms with van der Waals surface area (Å²) in [6.07, 6.45) is 1.11. The first-order chi connectivity index (χ1) is 13.6. The highest BCUT2D eigenvalue weighted by molar-refractivity contribution is 5.73. The van der Waals surface area contributed by atoms with Crippen molar-refractivity contribution in [1.29, 1.82) is 0 Å². The summed E-state index contributed by atoms with van der Waals surface area (Å²) < 4.78 is 23.9. The van der Waals surface area contributed by atoms with Gasteiger partial charge in [-0.2, -0.15) is 0 Å². The zero-order valence-corrected chi connectivity index (χ0v) is 15.3. The first-order valence-electron chi connectivity index (χ1n) is 9.08. The highest BCUT2D eigenvalue weighted by atomic mass is 19.1. The lowest BCUT2D eigenvalue weighted by Crippen LogP contribution is -2.37. The third kappa shape index (κ3) is 4.76. The molecule has 1 fully saturated rings. The van der Waals surface area contributed by atoms with Crippen LogP contribution in [-0.4, -0.2) is 37.2 Å². The fourth-order valence-electron chi connectivity index (χ4n) is 3.22. The molecule has 0 aliphatic carbocycles. The van der Waals surface area contributed by atoms with Crippen molar-refractivity contribution in [2.45, 2.75) is 12.8 Å². The molecule has 0 radical (unpaired) electrons. The molecule has 0 spiro atoms. The third-order valence-corrected chi connectivity index (χ3v) is 4.67. The molecule has 2 aromatic rings. The minimum Gasteiger partial charge on any atom is -0.487 e. The molecule has 148 valence electrons. The number of hydrogen-bond donors (Lipinski definition) is 0. The Hall–Kier alpha value is -3.16. The third-order valence-electron chi connectivity index (χ3n) is 4.67. The lowest BCUT2D eigenvalue weighted by molar-refractivity contribution is -0.384. The first kappa shape index (κ1) is 19.6. The number of hydrogen-bond acceptors (Lipinski definition) is 6. The smallest absolute Gasteiger partial charge is 0.309 e. The van der Waals surface area contributed by atoms with E-state index < -0.39 is 10.7 Å². The molecule has 8 heteroatoms. The SMILES string of the molecule is O=C(OCCOc1ccccc1F)C1CCN(c2ccccc2[N+](=O)[O-])CC1. The molecule has 0 aromatic heterocycles. The van der Waals surface area contributed by atoms with Crippen LogP contribution in [-0.2, 0) is 9.53 Å². The number of carbonyl (C=O) groups excluding carboxylic acids is 1. The maximum absolute atomic E-state index is 13.4. The number of piperidine rings is 1. The van der Waals surface area contributed by atoms with E-state index in [0.29, 0.717) is 31.6 Å². The van der Waals surface area contributed by atoms with Gasteiger partial charge in [-0.15, -0.1) is 0 Å². The van der Waals surface area contributed by atoms with E-state index in [1.54, 1.807) is 30.3 Å². The Kier molecular flexibility index (Phi) is 6.41. The van der Waals surface area contributed by atoms with E-state index in [9.17, 15) is 19.3 Å². The lowest BCUT2D eigenvalue weighted by atomic mass is 9.96. The maximum Gasteiger partial charge on any atom is 0.309 e. The Labute approximate surface area is 161 Å². The summed E-state index contributed by atoms with van der Waals surface area (Å²) in [4.78, 5) is 24.9. The van der Waals surface area contributed by atoms with Gasteiger partial charge in [-0.25, -0.2) is 4.39 Å². The van der Waals surface area contributed by atoms with Crippen LogP contribution in [0.4, 0.5) is 15.8 Å². The van der Waals surface area contributed by atoms with Gasteiger partial charge in [-0.1, -0.05) is 24.3 Å². The average molecular weight is 388 g/mol. The zero-order chi connectivity index (χ0) is 19.9. The quantitative estimate of drug-likeness (QED) is 0.312. The number of nitrogens with zero attached hydrogens (tertiary/aromatic N) is 2. The molecule has 28 heavy (non-hydrogen) atoms. The number of nitro groups is 1. The second kappa shape index (κ2) is 9.16. The van der Waals surface area contributed by atoms with Gasteiger partial charge >= 0.3 is 5.97 Å². The summed E-state index contributed by atoms with van der Waals surface area (Å²) in [5.41, 5.74) is 0.631. The van der Waals surface area contributed by atoms with Gasteiger partial charge in [-0.3, -0.25) is 14.9 Å². The van der Waals surface area contributed by atoms with Crippen LogP contribution in [0.15, 0.2) is 48.5 Å². The normalized spacial score (nSPS) is 14.5. The second-order valence-corrected chi connectivity index (χ2v) is 6.45. The Balaban J connectivity index is 1.44. The number of ether oxygens (including phenoxy) is 2. The van der Waals surface area contributed by atoms with Crippen LogP contribution in [0.1, 0.15) is 12.8 Å². The van der Waals surface area contributed by atoms with Crippen molar-refractivity contribution in [3.05, 3.63) is 64.5 Å². The van der Waals surface area contributed by atoms with Crippen molar-refractivity contribution in [1.82, 2.24) is 0 Å². The first-order valence-corrected chi connectivity index (χ1v) is 9.08. The fourth-order valence-corrected chi connectivity index (χ4v) is 3.22.